The summed E-state index contributed by atoms with van der Waals surface area (Å²) in [6.07, 6.45) is 0.403. The third kappa shape index (κ3) is 3.76. The van der Waals surface area contributed by atoms with Crippen LogP contribution in [0.2, 0.25) is 0 Å². The predicted octanol–water partition coefficient (Wildman–Crippen LogP) is 2.45. The van der Waals surface area contributed by atoms with Crippen LogP contribution in [0.1, 0.15) is 44.2 Å². The first kappa shape index (κ1) is 15.8. The van der Waals surface area contributed by atoms with Crippen molar-refractivity contribution in [1.82, 2.24) is 4.90 Å². The lowest BCUT2D eigenvalue weighted by atomic mass is 9.98. The molecule has 116 valence electrons. The highest BCUT2D eigenvalue weighted by Crippen LogP contribution is 2.24. The van der Waals surface area contributed by atoms with Crippen molar-refractivity contribution >= 4 is 5.91 Å². The van der Waals surface area contributed by atoms with Gasteiger partial charge in [-0.15, -0.1) is 0 Å². The van der Waals surface area contributed by atoms with Gasteiger partial charge in [-0.3, -0.25) is 4.79 Å². The Morgan fingerprint density at radius 2 is 2.10 bits per heavy atom. The lowest BCUT2D eigenvalue weighted by Gasteiger charge is -2.22. The summed E-state index contributed by atoms with van der Waals surface area (Å²) >= 11 is 0. The van der Waals surface area contributed by atoms with Crippen molar-refractivity contribution < 1.29 is 9.53 Å². The zero-order valence-corrected chi connectivity index (χ0v) is 13.4. The topological polar surface area (TPSA) is 55.6 Å². The van der Waals surface area contributed by atoms with Crippen LogP contribution < -0.4 is 10.5 Å². The van der Waals surface area contributed by atoms with Gasteiger partial charge >= 0.3 is 0 Å². The van der Waals surface area contributed by atoms with E-state index < -0.39 is 6.10 Å². The van der Waals surface area contributed by atoms with Crippen molar-refractivity contribution in [3.63, 3.8) is 0 Å². The zero-order valence-electron chi connectivity index (χ0n) is 13.4. The molecule has 0 unspecified atom stereocenters. The Bertz CT molecular complexity index is 514. The second-order valence-electron chi connectivity index (χ2n) is 6.27. The van der Waals surface area contributed by atoms with Gasteiger partial charge in [0.1, 0.15) is 5.75 Å². The van der Waals surface area contributed by atoms with Gasteiger partial charge in [-0.1, -0.05) is 19.9 Å². The van der Waals surface area contributed by atoms with Gasteiger partial charge in [-0.2, -0.15) is 0 Å². The molecule has 1 fully saturated rings. The second-order valence-corrected chi connectivity index (χ2v) is 6.27. The molecule has 21 heavy (non-hydrogen) atoms. The van der Waals surface area contributed by atoms with Crippen LogP contribution in [0.3, 0.4) is 0 Å². The summed E-state index contributed by atoms with van der Waals surface area (Å²) in [6, 6.07) is 6.14. The summed E-state index contributed by atoms with van der Waals surface area (Å²) in [5, 5.41) is 0. The number of benzene rings is 1. The molecule has 1 amide bonds. The first-order chi connectivity index (χ1) is 9.88. The van der Waals surface area contributed by atoms with Crippen LogP contribution >= 0.6 is 0 Å². The molecule has 0 bridgehead atoms. The molecular weight excluding hydrogens is 264 g/mol. The maximum Gasteiger partial charge on any atom is 0.263 e. The Kier molecular flexibility index (Phi) is 4.88. The summed E-state index contributed by atoms with van der Waals surface area (Å²) in [7, 11) is 0. The van der Waals surface area contributed by atoms with Gasteiger partial charge in [0.15, 0.2) is 6.10 Å². The minimum Gasteiger partial charge on any atom is -0.481 e. The monoisotopic (exact) mass is 290 g/mol. The number of nitrogens with zero attached hydrogens (tertiary/aromatic N) is 1. The molecule has 4 nitrogen and oxygen atoms in total. The van der Waals surface area contributed by atoms with E-state index in [2.05, 4.69) is 26.8 Å². The summed E-state index contributed by atoms with van der Waals surface area (Å²) in [4.78, 5) is 14.1. The molecule has 1 aliphatic heterocycles. The normalized spacial score (nSPS) is 19.9. The molecule has 1 aromatic rings. The van der Waals surface area contributed by atoms with E-state index in [1.807, 2.05) is 12.1 Å². The fourth-order valence-electron chi connectivity index (χ4n) is 2.87. The minimum atomic E-state index is -0.473. The molecule has 1 heterocycles. The van der Waals surface area contributed by atoms with Crippen molar-refractivity contribution in [3.8, 4) is 5.75 Å². The first-order valence-corrected chi connectivity index (χ1v) is 7.70. The Balaban J connectivity index is 2.01. The SMILES string of the molecule is Cc1cc(O[C@@H](C)C(=O)N2CC[C@H](N)C2)ccc1C(C)C. The van der Waals surface area contributed by atoms with Crippen molar-refractivity contribution in [2.75, 3.05) is 13.1 Å². The maximum atomic E-state index is 12.3. The van der Waals surface area contributed by atoms with Gasteiger partial charge in [0.2, 0.25) is 0 Å². The molecular formula is C17H26N2O2. The highest BCUT2D eigenvalue weighted by atomic mass is 16.5. The van der Waals surface area contributed by atoms with E-state index >= 15 is 0 Å². The van der Waals surface area contributed by atoms with E-state index in [9.17, 15) is 4.79 Å². The van der Waals surface area contributed by atoms with Crippen LogP contribution in [0.15, 0.2) is 18.2 Å². The zero-order chi connectivity index (χ0) is 15.6. The average molecular weight is 290 g/mol. The number of hydrogen-bond donors (Lipinski definition) is 1. The molecule has 0 saturated carbocycles. The number of rotatable bonds is 4. The van der Waals surface area contributed by atoms with Crippen LogP contribution in [0, 0.1) is 6.92 Å². The van der Waals surface area contributed by atoms with Gasteiger partial charge in [0.05, 0.1) is 0 Å². The van der Waals surface area contributed by atoms with Crippen molar-refractivity contribution in [2.45, 2.75) is 52.2 Å². The highest BCUT2D eigenvalue weighted by molar-refractivity contribution is 5.81. The highest BCUT2D eigenvalue weighted by Gasteiger charge is 2.28. The standard InChI is InChI=1S/C17H26N2O2/c1-11(2)16-6-5-15(9-12(16)3)21-13(4)17(20)19-8-7-14(18)10-19/h5-6,9,11,13-14H,7-8,10,18H2,1-4H3/t13-,14-/m0/s1. The third-order valence-corrected chi connectivity index (χ3v) is 4.06. The number of hydrogen-bond acceptors (Lipinski definition) is 3. The quantitative estimate of drug-likeness (QED) is 0.926. The van der Waals surface area contributed by atoms with Crippen molar-refractivity contribution in [2.24, 2.45) is 5.73 Å². The molecule has 1 aliphatic rings. The van der Waals surface area contributed by atoms with Gasteiger partial charge in [0, 0.05) is 19.1 Å². The number of carbonyl (C=O) groups is 1. The summed E-state index contributed by atoms with van der Waals surface area (Å²) in [5.41, 5.74) is 8.36. The Morgan fingerprint density at radius 3 is 2.62 bits per heavy atom. The maximum absolute atomic E-state index is 12.3. The van der Waals surface area contributed by atoms with E-state index in [4.69, 9.17) is 10.5 Å². The number of carbonyl (C=O) groups excluding carboxylic acids is 1. The molecule has 1 saturated heterocycles. The minimum absolute atomic E-state index is 0.0218. The Hall–Kier alpha value is -1.55. The molecule has 4 heteroatoms. The van der Waals surface area contributed by atoms with E-state index in [1.165, 1.54) is 11.1 Å². The predicted molar refractivity (Wildman–Crippen MR) is 84.5 cm³/mol. The summed E-state index contributed by atoms with van der Waals surface area (Å²) in [6.45, 7) is 9.60. The van der Waals surface area contributed by atoms with Crippen molar-refractivity contribution in [3.05, 3.63) is 29.3 Å². The number of aryl methyl sites for hydroxylation is 1. The summed E-state index contributed by atoms with van der Waals surface area (Å²) < 4.78 is 5.81. The van der Waals surface area contributed by atoms with Crippen LogP contribution in [0.5, 0.6) is 5.75 Å². The molecule has 2 atom stereocenters. The van der Waals surface area contributed by atoms with E-state index in [0.29, 0.717) is 12.5 Å². The van der Waals surface area contributed by atoms with Crippen LogP contribution in [0.4, 0.5) is 0 Å². The van der Waals surface area contributed by atoms with Crippen LogP contribution in [-0.4, -0.2) is 36.0 Å². The molecule has 2 N–H and O–H groups in total. The van der Waals surface area contributed by atoms with Crippen LogP contribution in [-0.2, 0) is 4.79 Å². The second kappa shape index (κ2) is 6.48. The lowest BCUT2D eigenvalue weighted by Crippen LogP contribution is -2.40. The number of ether oxygens (including phenoxy) is 1. The summed E-state index contributed by atoms with van der Waals surface area (Å²) in [5.74, 6) is 1.26. The molecule has 0 spiro atoms. The lowest BCUT2D eigenvalue weighted by molar-refractivity contribution is -0.136. The molecule has 0 aromatic heterocycles. The largest absolute Gasteiger partial charge is 0.481 e. The smallest absolute Gasteiger partial charge is 0.263 e. The Labute approximate surface area is 127 Å². The first-order valence-electron chi connectivity index (χ1n) is 7.70. The van der Waals surface area contributed by atoms with E-state index in [0.717, 1.165) is 18.7 Å². The molecule has 0 radical (unpaired) electrons. The van der Waals surface area contributed by atoms with Gasteiger partial charge in [-0.25, -0.2) is 0 Å². The number of likely N-dealkylation sites (tertiary alicyclic amines) is 1. The van der Waals surface area contributed by atoms with E-state index in [1.54, 1.807) is 11.8 Å². The fraction of sp³-hybridized carbons (Fsp3) is 0.588. The van der Waals surface area contributed by atoms with E-state index in [-0.39, 0.29) is 11.9 Å². The van der Waals surface area contributed by atoms with Crippen molar-refractivity contribution in [1.29, 1.82) is 0 Å². The number of nitrogens with two attached hydrogens (primary N) is 1. The molecule has 2 rings (SSSR count). The van der Waals surface area contributed by atoms with Gasteiger partial charge < -0.3 is 15.4 Å². The third-order valence-electron chi connectivity index (χ3n) is 4.06. The average Bonchev–Trinajstić information content (AvgIpc) is 2.84. The fourth-order valence-corrected chi connectivity index (χ4v) is 2.87. The molecule has 1 aromatic carbocycles. The van der Waals surface area contributed by atoms with Gasteiger partial charge in [0.25, 0.3) is 5.91 Å². The number of amides is 1. The molecule has 0 aliphatic carbocycles. The Morgan fingerprint density at radius 1 is 1.38 bits per heavy atom. The van der Waals surface area contributed by atoms with Gasteiger partial charge in [-0.05, 0) is 49.4 Å². The van der Waals surface area contributed by atoms with Crippen LogP contribution in [0.25, 0.3) is 0 Å².